The molecular formula is C23H27ClN4O2. The molecule has 3 amide bonds. The maximum Gasteiger partial charge on any atom is 0.321 e. The number of halogens is 1. The number of urea groups is 1. The highest BCUT2D eigenvalue weighted by Gasteiger charge is 2.29. The fourth-order valence-corrected chi connectivity index (χ4v) is 4.39. The average Bonchev–Trinajstić information content (AvgIpc) is 3.31. The van der Waals surface area contributed by atoms with Gasteiger partial charge in [0.2, 0.25) is 0 Å². The van der Waals surface area contributed by atoms with E-state index in [1.165, 1.54) is 12.8 Å². The quantitative estimate of drug-likeness (QED) is 0.745. The highest BCUT2D eigenvalue weighted by Crippen LogP contribution is 2.26. The van der Waals surface area contributed by atoms with Gasteiger partial charge in [-0.1, -0.05) is 29.8 Å². The van der Waals surface area contributed by atoms with E-state index < -0.39 is 0 Å². The Balaban J connectivity index is 1.41. The fourth-order valence-electron chi connectivity index (χ4n) is 4.23. The fraction of sp³-hybridized carbons (Fsp3) is 0.391. The lowest BCUT2D eigenvalue weighted by molar-refractivity contribution is 0.102. The zero-order valence-electron chi connectivity index (χ0n) is 16.9. The number of hydrogen-bond acceptors (Lipinski definition) is 3. The van der Waals surface area contributed by atoms with Crippen molar-refractivity contribution in [3.8, 4) is 0 Å². The number of piperidine rings is 1. The molecule has 0 saturated carbocycles. The molecule has 30 heavy (non-hydrogen) atoms. The van der Waals surface area contributed by atoms with Gasteiger partial charge in [-0.15, -0.1) is 0 Å². The summed E-state index contributed by atoms with van der Waals surface area (Å²) in [6, 6.07) is 14.4. The van der Waals surface area contributed by atoms with Crippen molar-refractivity contribution in [3.05, 3.63) is 59.1 Å². The molecule has 0 spiro atoms. The molecule has 2 aromatic carbocycles. The largest absolute Gasteiger partial charge is 0.323 e. The number of hydrogen-bond donors (Lipinski definition) is 2. The van der Waals surface area contributed by atoms with E-state index in [1.54, 1.807) is 18.2 Å². The lowest BCUT2D eigenvalue weighted by Gasteiger charge is -2.37. The van der Waals surface area contributed by atoms with Crippen LogP contribution in [0.15, 0.2) is 48.5 Å². The van der Waals surface area contributed by atoms with E-state index in [4.69, 9.17) is 11.6 Å². The van der Waals surface area contributed by atoms with Crippen molar-refractivity contribution >= 4 is 34.9 Å². The number of benzene rings is 2. The van der Waals surface area contributed by atoms with E-state index in [1.807, 2.05) is 35.2 Å². The second kappa shape index (κ2) is 9.49. The molecule has 4 rings (SSSR count). The molecule has 0 radical (unpaired) electrons. The third-order valence-electron chi connectivity index (χ3n) is 5.84. The summed E-state index contributed by atoms with van der Waals surface area (Å²) in [5.74, 6) is -0.250. The minimum atomic E-state index is -0.250. The number of para-hydroxylation sites is 1. The van der Waals surface area contributed by atoms with Crippen LogP contribution in [0.5, 0.6) is 0 Å². The van der Waals surface area contributed by atoms with Gasteiger partial charge in [0.25, 0.3) is 5.91 Å². The van der Waals surface area contributed by atoms with Crippen LogP contribution in [0.2, 0.25) is 5.02 Å². The summed E-state index contributed by atoms with van der Waals surface area (Å²) in [6.07, 6.45) is 4.63. The Kier molecular flexibility index (Phi) is 6.55. The van der Waals surface area contributed by atoms with Crippen molar-refractivity contribution in [3.63, 3.8) is 0 Å². The molecule has 2 saturated heterocycles. The first-order chi connectivity index (χ1) is 14.6. The number of rotatable bonds is 4. The molecule has 0 bridgehead atoms. The predicted molar refractivity (Wildman–Crippen MR) is 120 cm³/mol. The third kappa shape index (κ3) is 4.94. The molecule has 1 atom stereocenters. The average molecular weight is 427 g/mol. The van der Waals surface area contributed by atoms with Gasteiger partial charge < -0.3 is 15.5 Å². The first-order valence-electron chi connectivity index (χ1n) is 10.6. The standard InChI is InChI=1S/C23H27ClN4O2/c24-20-11-10-17(22(29)25-18-7-2-1-3-8-18)15-21(20)26-23(30)28-14-6-9-19(16-28)27-12-4-5-13-27/h1-3,7-8,10-11,15,19H,4-6,9,12-14,16H2,(H,25,29)(H,26,30). The van der Waals surface area contributed by atoms with Gasteiger partial charge in [0.15, 0.2) is 0 Å². The van der Waals surface area contributed by atoms with Crippen LogP contribution in [-0.4, -0.2) is 54.0 Å². The second-order valence-electron chi connectivity index (χ2n) is 7.93. The van der Waals surface area contributed by atoms with Crippen molar-refractivity contribution in [1.29, 1.82) is 0 Å². The Bertz CT molecular complexity index is 899. The second-order valence-corrected chi connectivity index (χ2v) is 8.34. The Labute approximate surface area is 182 Å². The number of anilines is 2. The molecule has 0 aliphatic carbocycles. The Morgan fingerprint density at radius 1 is 0.933 bits per heavy atom. The van der Waals surface area contributed by atoms with Gasteiger partial charge in [0.1, 0.15) is 0 Å². The molecule has 2 aliphatic rings. The first kappa shape index (κ1) is 20.7. The Hall–Kier alpha value is -2.57. The predicted octanol–water partition coefficient (Wildman–Crippen LogP) is 4.68. The van der Waals surface area contributed by atoms with Gasteiger partial charge in [-0.25, -0.2) is 4.79 Å². The summed E-state index contributed by atoms with van der Waals surface area (Å²) in [6.45, 7) is 3.73. The highest BCUT2D eigenvalue weighted by atomic mass is 35.5. The van der Waals surface area contributed by atoms with Gasteiger partial charge >= 0.3 is 6.03 Å². The molecule has 1 unspecified atom stereocenters. The van der Waals surface area contributed by atoms with E-state index in [9.17, 15) is 9.59 Å². The van der Waals surface area contributed by atoms with Gasteiger partial charge in [-0.2, -0.15) is 0 Å². The lowest BCUT2D eigenvalue weighted by Crippen LogP contribution is -2.50. The summed E-state index contributed by atoms with van der Waals surface area (Å²) < 4.78 is 0. The van der Waals surface area contributed by atoms with Crippen molar-refractivity contribution in [2.45, 2.75) is 31.7 Å². The number of amides is 3. The van der Waals surface area contributed by atoms with Crippen LogP contribution in [0.4, 0.5) is 16.2 Å². The minimum absolute atomic E-state index is 0.165. The van der Waals surface area contributed by atoms with Crippen LogP contribution in [0.3, 0.4) is 0 Å². The van der Waals surface area contributed by atoms with Crippen LogP contribution in [0, 0.1) is 0 Å². The summed E-state index contributed by atoms with van der Waals surface area (Å²) in [4.78, 5) is 29.8. The van der Waals surface area contributed by atoms with Crippen LogP contribution in [-0.2, 0) is 0 Å². The smallest absolute Gasteiger partial charge is 0.321 e. The van der Waals surface area contributed by atoms with Crippen molar-refractivity contribution in [2.75, 3.05) is 36.8 Å². The molecule has 158 valence electrons. The van der Waals surface area contributed by atoms with Gasteiger partial charge in [-0.05, 0) is 69.1 Å². The van der Waals surface area contributed by atoms with Gasteiger partial charge in [-0.3, -0.25) is 9.69 Å². The van der Waals surface area contributed by atoms with Crippen molar-refractivity contribution in [1.82, 2.24) is 9.80 Å². The van der Waals surface area contributed by atoms with Crippen molar-refractivity contribution < 1.29 is 9.59 Å². The van der Waals surface area contributed by atoms with Gasteiger partial charge in [0.05, 0.1) is 10.7 Å². The number of nitrogens with one attached hydrogen (secondary N) is 2. The van der Waals surface area contributed by atoms with E-state index in [2.05, 4.69) is 15.5 Å². The molecule has 0 aromatic heterocycles. The third-order valence-corrected chi connectivity index (χ3v) is 6.17. The molecule has 2 heterocycles. The monoisotopic (exact) mass is 426 g/mol. The molecular weight excluding hydrogens is 400 g/mol. The Morgan fingerprint density at radius 2 is 1.70 bits per heavy atom. The zero-order valence-corrected chi connectivity index (χ0v) is 17.7. The van der Waals surface area contributed by atoms with E-state index in [0.717, 1.165) is 39.0 Å². The van der Waals surface area contributed by atoms with E-state index in [0.29, 0.717) is 28.0 Å². The minimum Gasteiger partial charge on any atom is -0.323 e. The first-order valence-corrected chi connectivity index (χ1v) is 10.9. The number of nitrogens with zero attached hydrogens (tertiary/aromatic N) is 2. The molecule has 2 aliphatic heterocycles. The summed E-state index contributed by atoms with van der Waals surface area (Å²) in [5, 5.41) is 6.16. The molecule has 7 heteroatoms. The summed E-state index contributed by atoms with van der Waals surface area (Å²) in [5.41, 5.74) is 1.60. The zero-order chi connectivity index (χ0) is 20.9. The maximum atomic E-state index is 12.9. The van der Waals surface area contributed by atoms with Crippen molar-refractivity contribution in [2.24, 2.45) is 0 Å². The van der Waals surface area contributed by atoms with Crippen LogP contribution >= 0.6 is 11.6 Å². The van der Waals surface area contributed by atoms with Crippen LogP contribution in [0.25, 0.3) is 0 Å². The van der Waals surface area contributed by atoms with E-state index >= 15 is 0 Å². The molecule has 2 aromatic rings. The topological polar surface area (TPSA) is 64.7 Å². The summed E-state index contributed by atoms with van der Waals surface area (Å²) >= 11 is 6.30. The van der Waals surface area contributed by atoms with Gasteiger partial charge in [0, 0.05) is 30.4 Å². The van der Waals surface area contributed by atoms with Crippen LogP contribution < -0.4 is 10.6 Å². The number of carbonyl (C=O) groups excluding carboxylic acids is 2. The normalized spacial score (nSPS) is 19.5. The van der Waals surface area contributed by atoms with E-state index in [-0.39, 0.29) is 11.9 Å². The maximum absolute atomic E-state index is 12.9. The summed E-state index contributed by atoms with van der Waals surface area (Å²) in [7, 11) is 0. The molecule has 2 fully saturated rings. The highest BCUT2D eigenvalue weighted by molar-refractivity contribution is 6.34. The Morgan fingerprint density at radius 3 is 2.47 bits per heavy atom. The molecule has 2 N–H and O–H groups in total. The molecule has 6 nitrogen and oxygen atoms in total. The van der Waals surface area contributed by atoms with Crippen LogP contribution in [0.1, 0.15) is 36.0 Å². The number of carbonyl (C=O) groups is 2. The number of likely N-dealkylation sites (tertiary alicyclic amines) is 2. The lowest BCUT2D eigenvalue weighted by atomic mass is 10.0. The SMILES string of the molecule is O=C(Nc1ccccc1)c1ccc(Cl)c(NC(=O)N2CCCC(N3CCCC3)C2)c1.